The summed E-state index contributed by atoms with van der Waals surface area (Å²) in [5, 5.41) is 11.2. The summed E-state index contributed by atoms with van der Waals surface area (Å²) in [4.78, 5) is 13.4. The second-order valence-corrected chi connectivity index (χ2v) is 9.99. The van der Waals surface area contributed by atoms with Gasteiger partial charge in [-0.05, 0) is 31.6 Å². The van der Waals surface area contributed by atoms with Gasteiger partial charge in [0.25, 0.3) is 0 Å². The number of aliphatic hydroxyl groups excluding tert-OH is 1. The lowest BCUT2D eigenvalue weighted by Crippen LogP contribution is -2.58. The van der Waals surface area contributed by atoms with Crippen molar-refractivity contribution < 1.29 is 23.7 Å². The van der Waals surface area contributed by atoms with Crippen molar-refractivity contribution in [3.63, 3.8) is 0 Å². The summed E-state index contributed by atoms with van der Waals surface area (Å²) in [5.41, 5.74) is 1.06. The van der Waals surface area contributed by atoms with Crippen molar-refractivity contribution in [1.29, 1.82) is 0 Å². The highest BCUT2D eigenvalue weighted by atomic mass is 16.7. The zero-order valence-corrected chi connectivity index (χ0v) is 19.5. The first-order chi connectivity index (χ1) is 15.7. The monoisotopic (exact) mass is 450 g/mol. The fraction of sp³-hybridized carbons (Fsp3) is 0.444. The van der Waals surface area contributed by atoms with Crippen molar-refractivity contribution in [2.45, 2.75) is 51.7 Å². The van der Waals surface area contributed by atoms with Crippen LogP contribution in [0.3, 0.4) is 0 Å². The van der Waals surface area contributed by atoms with E-state index in [1.165, 1.54) is 6.07 Å². The number of benzene rings is 2. The summed E-state index contributed by atoms with van der Waals surface area (Å²) in [5.74, 6) is 1.65. The van der Waals surface area contributed by atoms with Gasteiger partial charge in [0.05, 0.1) is 6.10 Å². The first kappa shape index (κ1) is 22.0. The summed E-state index contributed by atoms with van der Waals surface area (Å²) >= 11 is 0. The Morgan fingerprint density at radius 1 is 1.15 bits per heavy atom. The van der Waals surface area contributed by atoms with Gasteiger partial charge in [0.2, 0.25) is 0 Å². The van der Waals surface area contributed by atoms with Gasteiger partial charge < -0.3 is 23.7 Å². The molecule has 0 bridgehead atoms. The maximum absolute atomic E-state index is 13.4. The minimum absolute atomic E-state index is 0.0548. The van der Waals surface area contributed by atoms with Crippen LogP contribution in [0.25, 0.3) is 22.3 Å². The Labute approximate surface area is 193 Å². The first-order valence-corrected chi connectivity index (χ1v) is 11.4. The molecule has 33 heavy (non-hydrogen) atoms. The minimum Gasteiger partial charge on any atom is -0.486 e. The fourth-order valence-electron chi connectivity index (χ4n) is 5.63. The maximum atomic E-state index is 13.4. The van der Waals surface area contributed by atoms with E-state index in [0.29, 0.717) is 47.5 Å². The van der Waals surface area contributed by atoms with Crippen LogP contribution in [-0.2, 0) is 11.2 Å². The van der Waals surface area contributed by atoms with Gasteiger partial charge in [0.15, 0.2) is 12.2 Å². The summed E-state index contributed by atoms with van der Waals surface area (Å²) in [6, 6.07) is 12.8. The molecule has 0 amide bonds. The zero-order chi connectivity index (χ0) is 23.4. The van der Waals surface area contributed by atoms with Gasteiger partial charge in [-0.3, -0.25) is 4.79 Å². The summed E-state index contributed by atoms with van der Waals surface area (Å²) in [6.07, 6.45) is 1.58. The Hall–Kier alpha value is -2.83. The average molecular weight is 451 g/mol. The SMILES string of the molecule is COCOc1cc2oc(-c3ccccc3)cc(=O)c2c2c1C[C@H]1C(C)(C)[C@H](O)CC[C@@]1(C)O2. The number of aliphatic hydroxyl groups is 1. The van der Waals surface area contributed by atoms with Crippen LogP contribution in [0.1, 0.15) is 39.2 Å². The molecule has 5 rings (SSSR count). The van der Waals surface area contributed by atoms with Gasteiger partial charge in [0, 0.05) is 36.3 Å². The van der Waals surface area contributed by atoms with Gasteiger partial charge in [0.1, 0.15) is 33.8 Å². The molecule has 0 unspecified atom stereocenters. The van der Waals surface area contributed by atoms with Crippen LogP contribution in [0.15, 0.2) is 51.7 Å². The topological polar surface area (TPSA) is 78.1 Å². The number of rotatable bonds is 4. The third-order valence-corrected chi connectivity index (χ3v) is 7.58. The Morgan fingerprint density at radius 2 is 1.91 bits per heavy atom. The van der Waals surface area contributed by atoms with Crippen LogP contribution in [0.5, 0.6) is 11.5 Å². The van der Waals surface area contributed by atoms with Crippen LogP contribution in [0.2, 0.25) is 0 Å². The lowest BCUT2D eigenvalue weighted by molar-refractivity contribution is -0.137. The lowest BCUT2D eigenvalue weighted by atomic mass is 9.57. The molecule has 1 aliphatic heterocycles. The molecule has 1 aliphatic carbocycles. The van der Waals surface area contributed by atoms with E-state index in [-0.39, 0.29) is 23.6 Å². The largest absolute Gasteiger partial charge is 0.486 e. The van der Waals surface area contributed by atoms with Gasteiger partial charge in [-0.2, -0.15) is 0 Å². The molecule has 0 radical (unpaired) electrons. The second-order valence-electron chi connectivity index (χ2n) is 9.99. The highest BCUT2D eigenvalue weighted by molar-refractivity contribution is 5.89. The first-order valence-electron chi connectivity index (χ1n) is 11.4. The van der Waals surface area contributed by atoms with Crippen LogP contribution in [0, 0.1) is 11.3 Å². The Balaban J connectivity index is 1.72. The molecule has 1 saturated carbocycles. The zero-order valence-electron chi connectivity index (χ0n) is 19.5. The Kier molecular flexibility index (Phi) is 5.26. The number of hydrogen-bond acceptors (Lipinski definition) is 6. The minimum atomic E-state index is -0.507. The third kappa shape index (κ3) is 3.52. The molecule has 0 saturated heterocycles. The molecule has 2 heterocycles. The van der Waals surface area contributed by atoms with Crippen molar-refractivity contribution in [2.75, 3.05) is 13.9 Å². The Bertz CT molecular complexity index is 1240. The van der Waals surface area contributed by atoms with Crippen LogP contribution < -0.4 is 14.9 Å². The van der Waals surface area contributed by atoms with Gasteiger partial charge in [-0.15, -0.1) is 0 Å². The highest BCUT2D eigenvalue weighted by Gasteiger charge is 2.55. The molecule has 3 aromatic rings. The van der Waals surface area contributed by atoms with E-state index in [4.69, 9.17) is 18.6 Å². The molecule has 2 aliphatic rings. The van der Waals surface area contributed by atoms with E-state index < -0.39 is 11.7 Å². The fourth-order valence-corrected chi connectivity index (χ4v) is 5.63. The van der Waals surface area contributed by atoms with Crippen molar-refractivity contribution in [2.24, 2.45) is 11.3 Å². The predicted molar refractivity (Wildman–Crippen MR) is 126 cm³/mol. The molecule has 6 nitrogen and oxygen atoms in total. The molecule has 2 aromatic carbocycles. The normalized spacial score (nSPS) is 25.7. The number of fused-ring (bicyclic) bond motifs is 4. The molecule has 3 atom stereocenters. The molecule has 1 N–H and O–H groups in total. The van der Waals surface area contributed by atoms with Crippen LogP contribution >= 0.6 is 0 Å². The Morgan fingerprint density at radius 3 is 2.64 bits per heavy atom. The number of methoxy groups -OCH3 is 1. The van der Waals surface area contributed by atoms with Crippen LogP contribution in [-0.4, -0.2) is 30.7 Å². The predicted octanol–water partition coefficient (Wildman–Crippen LogP) is 4.93. The van der Waals surface area contributed by atoms with E-state index in [1.54, 1.807) is 13.2 Å². The van der Waals surface area contributed by atoms with Crippen molar-refractivity contribution >= 4 is 11.0 Å². The smallest absolute Gasteiger partial charge is 0.197 e. The van der Waals surface area contributed by atoms with E-state index >= 15 is 0 Å². The third-order valence-electron chi connectivity index (χ3n) is 7.58. The van der Waals surface area contributed by atoms with E-state index in [2.05, 4.69) is 20.8 Å². The quantitative estimate of drug-likeness (QED) is 0.568. The highest BCUT2D eigenvalue weighted by Crippen LogP contribution is 2.55. The summed E-state index contributed by atoms with van der Waals surface area (Å²) in [6.45, 7) is 6.33. The molecule has 1 aromatic heterocycles. The van der Waals surface area contributed by atoms with E-state index in [0.717, 1.165) is 11.1 Å². The number of hydrogen-bond donors (Lipinski definition) is 1. The molecule has 0 spiro atoms. The molecular weight excluding hydrogens is 420 g/mol. The van der Waals surface area contributed by atoms with E-state index in [9.17, 15) is 9.90 Å². The standard InChI is InChI=1S/C27H30O6/c1-26(2)22-12-17-20(31-15-30-4)14-21-24(25(17)33-27(22,3)11-10-23(26)29)18(28)13-19(32-21)16-8-6-5-7-9-16/h5-9,13-14,22-23,29H,10-12,15H2,1-4H3/t22-,23+,27+/m0/s1. The lowest BCUT2D eigenvalue weighted by Gasteiger charge is -2.55. The summed E-state index contributed by atoms with van der Waals surface area (Å²) in [7, 11) is 1.56. The van der Waals surface area contributed by atoms with E-state index in [1.807, 2.05) is 30.3 Å². The average Bonchev–Trinajstić information content (AvgIpc) is 2.79. The second kappa shape index (κ2) is 7.89. The van der Waals surface area contributed by atoms with Gasteiger partial charge >= 0.3 is 0 Å². The number of ether oxygens (including phenoxy) is 3. The van der Waals surface area contributed by atoms with Gasteiger partial charge in [-0.25, -0.2) is 0 Å². The maximum Gasteiger partial charge on any atom is 0.197 e. The molecule has 6 heteroatoms. The molecule has 174 valence electrons. The van der Waals surface area contributed by atoms with Crippen LogP contribution in [0.4, 0.5) is 0 Å². The molecule has 1 fully saturated rings. The van der Waals surface area contributed by atoms with Crippen molar-refractivity contribution in [3.05, 3.63) is 58.3 Å². The summed E-state index contributed by atoms with van der Waals surface area (Å²) < 4.78 is 24.0. The van der Waals surface area contributed by atoms with Gasteiger partial charge in [-0.1, -0.05) is 44.2 Å². The van der Waals surface area contributed by atoms with Crippen molar-refractivity contribution in [3.8, 4) is 22.8 Å². The molecular formula is C27H30O6. The van der Waals surface area contributed by atoms with Crippen molar-refractivity contribution in [1.82, 2.24) is 0 Å².